The van der Waals surface area contributed by atoms with Gasteiger partial charge in [-0.1, -0.05) is 0 Å². The monoisotopic (exact) mass is 270 g/mol. The first-order valence-electron chi connectivity index (χ1n) is 6.83. The highest BCUT2D eigenvalue weighted by Crippen LogP contribution is 2.11. The van der Waals surface area contributed by atoms with E-state index >= 15 is 0 Å². The number of hydrogen-bond acceptors (Lipinski definition) is 4. The first kappa shape index (κ1) is 14.1. The van der Waals surface area contributed by atoms with Crippen molar-refractivity contribution in [1.29, 1.82) is 5.26 Å². The average Bonchev–Trinajstić information content (AvgIpc) is 2.53. The first-order chi connectivity index (χ1) is 9.81. The van der Waals surface area contributed by atoms with Crippen LogP contribution in [0, 0.1) is 11.3 Å². The zero-order valence-electron chi connectivity index (χ0n) is 11.4. The Balaban J connectivity index is 1.92. The highest BCUT2D eigenvalue weighted by Gasteiger charge is 2.19. The number of carbonyl (C=O) groups excluding carboxylic acids is 1. The van der Waals surface area contributed by atoms with Crippen LogP contribution in [-0.2, 0) is 11.3 Å². The average molecular weight is 270 g/mol. The lowest BCUT2D eigenvalue weighted by atomic mass is 10.1. The summed E-state index contributed by atoms with van der Waals surface area (Å²) in [7, 11) is 0. The number of piperidine rings is 1. The van der Waals surface area contributed by atoms with Crippen LogP contribution < -0.4 is 5.32 Å². The number of nitrogens with zero attached hydrogens (tertiary/aromatic N) is 3. The number of amides is 1. The molecule has 1 amide bonds. The summed E-state index contributed by atoms with van der Waals surface area (Å²) >= 11 is 0. The zero-order chi connectivity index (χ0) is 14.2. The van der Waals surface area contributed by atoms with E-state index in [-0.39, 0.29) is 11.5 Å². The molecule has 0 atom stereocenters. The van der Waals surface area contributed by atoms with Crippen molar-refractivity contribution in [2.75, 3.05) is 13.1 Å². The maximum Gasteiger partial charge on any atom is 0.265 e. The fourth-order valence-corrected chi connectivity index (χ4v) is 2.18. The van der Waals surface area contributed by atoms with Crippen molar-refractivity contribution in [2.24, 2.45) is 0 Å². The number of nitrogens with one attached hydrogen (secondary N) is 1. The van der Waals surface area contributed by atoms with Crippen LogP contribution in [0.2, 0.25) is 0 Å². The van der Waals surface area contributed by atoms with Crippen LogP contribution in [0.1, 0.15) is 24.8 Å². The van der Waals surface area contributed by atoms with E-state index in [2.05, 4.69) is 10.3 Å². The molecule has 0 unspecified atom stereocenters. The lowest BCUT2D eigenvalue weighted by Gasteiger charge is -2.26. The minimum atomic E-state index is -0.172. The Hall–Kier alpha value is -2.35. The summed E-state index contributed by atoms with van der Waals surface area (Å²) in [4.78, 5) is 17.9. The SMILES string of the molecule is N#C/C(=C/NCc1ccncc1)C(=O)N1CCCCC1. The number of carbonyl (C=O) groups is 1. The number of nitriles is 1. The molecule has 1 aromatic rings. The third kappa shape index (κ3) is 3.82. The van der Waals surface area contributed by atoms with Gasteiger partial charge in [-0.2, -0.15) is 5.26 Å². The van der Waals surface area contributed by atoms with E-state index in [1.807, 2.05) is 18.2 Å². The van der Waals surface area contributed by atoms with Crippen molar-refractivity contribution in [3.05, 3.63) is 41.9 Å². The molecule has 0 spiro atoms. The summed E-state index contributed by atoms with van der Waals surface area (Å²) in [6, 6.07) is 5.76. The molecule has 1 aliphatic rings. The molecule has 0 aromatic carbocycles. The lowest BCUT2D eigenvalue weighted by Crippen LogP contribution is -2.36. The van der Waals surface area contributed by atoms with Crippen LogP contribution in [0.15, 0.2) is 36.3 Å². The Morgan fingerprint density at radius 3 is 2.70 bits per heavy atom. The van der Waals surface area contributed by atoms with E-state index in [1.165, 1.54) is 6.20 Å². The van der Waals surface area contributed by atoms with Crippen LogP contribution in [0.25, 0.3) is 0 Å². The molecule has 0 saturated carbocycles. The molecule has 0 radical (unpaired) electrons. The minimum Gasteiger partial charge on any atom is -0.386 e. The molecule has 5 heteroatoms. The summed E-state index contributed by atoms with van der Waals surface area (Å²) < 4.78 is 0. The van der Waals surface area contributed by atoms with E-state index in [4.69, 9.17) is 5.26 Å². The van der Waals surface area contributed by atoms with Crippen molar-refractivity contribution in [2.45, 2.75) is 25.8 Å². The van der Waals surface area contributed by atoms with Gasteiger partial charge in [0.25, 0.3) is 5.91 Å². The van der Waals surface area contributed by atoms with Gasteiger partial charge in [0.15, 0.2) is 0 Å². The molecule has 20 heavy (non-hydrogen) atoms. The van der Waals surface area contributed by atoms with Gasteiger partial charge < -0.3 is 10.2 Å². The third-order valence-electron chi connectivity index (χ3n) is 3.30. The second-order valence-corrected chi connectivity index (χ2v) is 4.76. The molecule has 1 aromatic heterocycles. The summed E-state index contributed by atoms with van der Waals surface area (Å²) in [5, 5.41) is 12.1. The van der Waals surface area contributed by atoms with Gasteiger partial charge in [0, 0.05) is 38.2 Å². The Morgan fingerprint density at radius 2 is 2.05 bits per heavy atom. The second-order valence-electron chi connectivity index (χ2n) is 4.76. The van der Waals surface area contributed by atoms with Crippen LogP contribution in [0.3, 0.4) is 0 Å². The molecular formula is C15H18N4O. The second kappa shape index (κ2) is 7.29. The van der Waals surface area contributed by atoms with Gasteiger partial charge in [0.2, 0.25) is 0 Å². The molecule has 1 fully saturated rings. The number of likely N-dealkylation sites (tertiary alicyclic amines) is 1. The maximum atomic E-state index is 12.2. The first-order valence-corrected chi connectivity index (χ1v) is 6.83. The Bertz CT molecular complexity index is 512. The Kier molecular flexibility index (Phi) is 5.13. The van der Waals surface area contributed by atoms with Crippen LogP contribution in [-0.4, -0.2) is 28.9 Å². The predicted molar refractivity (Wildman–Crippen MR) is 75.2 cm³/mol. The largest absolute Gasteiger partial charge is 0.386 e. The molecule has 0 bridgehead atoms. The fourth-order valence-electron chi connectivity index (χ4n) is 2.18. The minimum absolute atomic E-state index is 0.168. The van der Waals surface area contributed by atoms with E-state index < -0.39 is 0 Å². The molecule has 1 N–H and O–H groups in total. The van der Waals surface area contributed by atoms with Gasteiger partial charge in [-0.25, -0.2) is 0 Å². The number of hydrogen-bond donors (Lipinski definition) is 1. The fraction of sp³-hybridized carbons (Fsp3) is 0.400. The Morgan fingerprint density at radius 1 is 1.35 bits per heavy atom. The molecule has 2 heterocycles. The summed E-state index contributed by atoms with van der Waals surface area (Å²) in [6.45, 7) is 2.07. The molecule has 104 valence electrons. The van der Waals surface area contributed by atoms with Gasteiger partial charge in [-0.05, 0) is 37.0 Å². The zero-order valence-corrected chi connectivity index (χ0v) is 11.4. The predicted octanol–water partition coefficient (Wildman–Crippen LogP) is 1.59. The van der Waals surface area contributed by atoms with Crippen molar-refractivity contribution in [1.82, 2.24) is 15.2 Å². The number of rotatable bonds is 4. The third-order valence-corrected chi connectivity index (χ3v) is 3.30. The molecule has 1 saturated heterocycles. The normalized spacial score (nSPS) is 15.6. The maximum absolute atomic E-state index is 12.2. The highest BCUT2D eigenvalue weighted by atomic mass is 16.2. The van der Waals surface area contributed by atoms with E-state index in [9.17, 15) is 4.79 Å². The van der Waals surface area contributed by atoms with Crippen molar-refractivity contribution >= 4 is 5.91 Å². The topological polar surface area (TPSA) is 69.0 Å². The van der Waals surface area contributed by atoms with Gasteiger partial charge >= 0.3 is 0 Å². The molecule has 2 rings (SSSR count). The standard InChI is InChI=1S/C15H18N4O/c16-10-14(15(20)19-8-2-1-3-9-19)12-18-11-13-4-6-17-7-5-13/h4-7,12,18H,1-3,8-9,11H2/b14-12-. The Labute approximate surface area is 118 Å². The quantitative estimate of drug-likeness (QED) is 0.666. The molecule has 0 aliphatic carbocycles. The number of aromatic nitrogens is 1. The van der Waals surface area contributed by atoms with Gasteiger partial charge in [0.05, 0.1) is 0 Å². The van der Waals surface area contributed by atoms with Crippen molar-refractivity contribution < 1.29 is 4.79 Å². The van der Waals surface area contributed by atoms with Gasteiger partial charge in [-0.3, -0.25) is 9.78 Å². The molecule has 5 nitrogen and oxygen atoms in total. The van der Waals surface area contributed by atoms with Crippen LogP contribution in [0.5, 0.6) is 0 Å². The summed E-state index contributed by atoms with van der Waals surface area (Å²) in [5.41, 5.74) is 1.22. The smallest absolute Gasteiger partial charge is 0.265 e. The lowest BCUT2D eigenvalue weighted by molar-refractivity contribution is -0.127. The van der Waals surface area contributed by atoms with Crippen molar-refractivity contribution in [3.63, 3.8) is 0 Å². The highest BCUT2D eigenvalue weighted by molar-refractivity contribution is 5.97. The van der Waals surface area contributed by atoms with Crippen LogP contribution >= 0.6 is 0 Å². The van der Waals surface area contributed by atoms with E-state index in [1.54, 1.807) is 17.3 Å². The van der Waals surface area contributed by atoms with Crippen molar-refractivity contribution in [3.8, 4) is 6.07 Å². The van der Waals surface area contributed by atoms with Crippen LogP contribution in [0.4, 0.5) is 0 Å². The van der Waals surface area contributed by atoms with Gasteiger partial charge in [-0.15, -0.1) is 0 Å². The molecular weight excluding hydrogens is 252 g/mol. The van der Waals surface area contributed by atoms with Gasteiger partial charge in [0.1, 0.15) is 11.6 Å². The summed E-state index contributed by atoms with van der Waals surface area (Å²) in [6.07, 6.45) is 8.15. The summed E-state index contributed by atoms with van der Waals surface area (Å²) in [5.74, 6) is -0.172. The number of pyridine rings is 1. The van der Waals surface area contributed by atoms with E-state index in [0.29, 0.717) is 6.54 Å². The molecule has 1 aliphatic heterocycles. The van der Waals surface area contributed by atoms with E-state index in [0.717, 1.165) is 37.9 Å².